The zero-order valence-corrected chi connectivity index (χ0v) is 11.2. The molecule has 2 aromatic rings. The highest BCUT2D eigenvalue weighted by atomic mass is 16.5. The normalized spacial score (nSPS) is 9.60. The van der Waals surface area contributed by atoms with Crippen molar-refractivity contribution < 1.29 is 4.74 Å². The van der Waals surface area contributed by atoms with Gasteiger partial charge in [0.1, 0.15) is 17.4 Å². The van der Waals surface area contributed by atoms with Gasteiger partial charge in [0.2, 0.25) is 0 Å². The average molecular weight is 264 g/mol. The quantitative estimate of drug-likeness (QED) is 0.851. The van der Waals surface area contributed by atoms with Gasteiger partial charge in [-0.15, -0.1) is 5.10 Å². The average Bonchev–Trinajstić information content (AvgIpc) is 2.46. The van der Waals surface area contributed by atoms with Gasteiger partial charge in [0, 0.05) is 0 Å². The predicted octanol–water partition coefficient (Wildman–Crippen LogP) is 2.82. The van der Waals surface area contributed by atoms with E-state index in [1.165, 1.54) is 0 Å². The van der Waals surface area contributed by atoms with Crippen LogP contribution in [-0.4, -0.2) is 10.2 Å². The number of hydrogen-bond donors (Lipinski definition) is 0. The van der Waals surface area contributed by atoms with Crippen molar-refractivity contribution in [2.45, 2.75) is 20.3 Å². The molecule has 0 fully saturated rings. The number of rotatable bonds is 3. The Morgan fingerprint density at radius 3 is 2.40 bits per heavy atom. The third kappa shape index (κ3) is 2.73. The summed E-state index contributed by atoms with van der Waals surface area (Å²) in [7, 11) is 0. The summed E-state index contributed by atoms with van der Waals surface area (Å²) < 4.78 is 5.59. The van der Waals surface area contributed by atoms with E-state index in [4.69, 9.17) is 10.00 Å². The minimum atomic E-state index is 0.198. The molecule has 0 radical (unpaired) electrons. The van der Waals surface area contributed by atoms with Crippen molar-refractivity contribution in [1.82, 2.24) is 10.2 Å². The van der Waals surface area contributed by atoms with E-state index in [0.717, 1.165) is 11.1 Å². The highest BCUT2D eigenvalue weighted by Crippen LogP contribution is 2.25. The Morgan fingerprint density at radius 1 is 1.10 bits per heavy atom. The highest BCUT2D eigenvalue weighted by molar-refractivity contribution is 5.46. The monoisotopic (exact) mass is 264 g/mol. The van der Waals surface area contributed by atoms with E-state index in [2.05, 4.69) is 22.3 Å². The third-order valence-corrected chi connectivity index (χ3v) is 2.96. The molecule has 20 heavy (non-hydrogen) atoms. The summed E-state index contributed by atoms with van der Waals surface area (Å²) in [6.07, 6.45) is 0.354. The number of hydrogen-bond acceptors (Lipinski definition) is 5. The molecule has 0 amide bonds. The predicted molar refractivity (Wildman–Crippen MR) is 72.1 cm³/mol. The summed E-state index contributed by atoms with van der Waals surface area (Å²) in [5.41, 5.74) is 2.77. The lowest BCUT2D eigenvalue weighted by Crippen LogP contribution is -2.00. The molecule has 0 unspecified atom stereocenters. The second-order valence-electron chi connectivity index (χ2n) is 4.28. The van der Waals surface area contributed by atoms with Crippen LogP contribution in [0.15, 0.2) is 24.3 Å². The smallest absolute Gasteiger partial charge is 0.257 e. The molecule has 1 aromatic heterocycles. The first kappa shape index (κ1) is 13.5. The van der Waals surface area contributed by atoms with Crippen molar-refractivity contribution in [3.8, 4) is 23.8 Å². The fraction of sp³-hybridized carbons (Fsp3) is 0.200. The van der Waals surface area contributed by atoms with Crippen molar-refractivity contribution in [2.75, 3.05) is 0 Å². The second kappa shape index (κ2) is 5.81. The van der Waals surface area contributed by atoms with Gasteiger partial charge in [0.05, 0.1) is 18.2 Å². The molecule has 98 valence electrons. The van der Waals surface area contributed by atoms with Crippen LogP contribution in [-0.2, 0) is 6.42 Å². The molecule has 0 aliphatic rings. The molecule has 0 saturated heterocycles. The van der Waals surface area contributed by atoms with Gasteiger partial charge in [-0.1, -0.05) is 12.1 Å². The Kier molecular flexibility index (Phi) is 3.93. The van der Waals surface area contributed by atoms with E-state index in [0.29, 0.717) is 23.4 Å². The molecular weight excluding hydrogens is 252 g/mol. The third-order valence-electron chi connectivity index (χ3n) is 2.96. The highest BCUT2D eigenvalue weighted by Gasteiger charge is 2.12. The van der Waals surface area contributed by atoms with Crippen LogP contribution in [0.5, 0.6) is 11.6 Å². The molecule has 0 atom stereocenters. The first-order chi connectivity index (χ1) is 9.65. The van der Waals surface area contributed by atoms with E-state index < -0.39 is 0 Å². The van der Waals surface area contributed by atoms with Crippen LogP contribution in [0.2, 0.25) is 0 Å². The maximum absolute atomic E-state index is 9.18. The standard InChI is InChI=1S/C15H12N4O/c1-10-11(2)18-19-15(14(10)9-17)20-13-5-3-12(4-6-13)7-8-16/h3-6H,7H2,1-2H3. The maximum Gasteiger partial charge on any atom is 0.257 e. The van der Waals surface area contributed by atoms with Crippen molar-refractivity contribution in [3.05, 3.63) is 46.6 Å². The van der Waals surface area contributed by atoms with Gasteiger partial charge in [-0.25, -0.2) is 0 Å². The van der Waals surface area contributed by atoms with E-state index in [9.17, 15) is 5.26 Å². The van der Waals surface area contributed by atoms with Gasteiger partial charge < -0.3 is 4.74 Å². The zero-order chi connectivity index (χ0) is 14.5. The summed E-state index contributed by atoms with van der Waals surface area (Å²) in [6, 6.07) is 11.3. The molecule has 0 bridgehead atoms. The molecule has 5 nitrogen and oxygen atoms in total. The van der Waals surface area contributed by atoms with Crippen molar-refractivity contribution in [3.63, 3.8) is 0 Å². The van der Waals surface area contributed by atoms with Crippen molar-refractivity contribution in [2.24, 2.45) is 0 Å². The zero-order valence-electron chi connectivity index (χ0n) is 11.2. The molecule has 0 spiro atoms. The van der Waals surface area contributed by atoms with Crippen LogP contribution in [0.1, 0.15) is 22.4 Å². The van der Waals surface area contributed by atoms with Crippen LogP contribution in [0.4, 0.5) is 0 Å². The fourth-order valence-corrected chi connectivity index (χ4v) is 1.67. The number of aryl methyl sites for hydroxylation is 1. The lowest BCUT2D eigenvalue weighted by molar-refractivity contribution is 0.451. The van der Waals surface area contributed by atoms with Crippen molar-refractivity contribution >= 4 is 0 Å². The Hall–Kier alpha value is -2.92. The topological polar surface area (TPSA) is 82.6 Å². The van der Waals surface area contributed by atoms with Crippen molar-refractivity contribution in [1.29, 1.82) is 10.5 Å². The molecule has 0 N–H and O–H groups in total. The minimum absolute atomic E-state index is 0.198. The molecule has 0 aliphatic heterocycles. The van der Waals surface area contributed by atoms with Gasteiger partial charge in [-0.2, -0.15) is 15.6 Å². The van der Waals surface area contributed by atoms with Crippen LogP contribution in [0.3, 0.4) is 0 Å². The summed E-state index contributed by atoms with van der Waals surface area (Å²) in [6.45, 7) is 3.61. The Bertz CT molecular complexity index is 708. The van der Waals surface area contributed by atoms with Gasteiger partial charge in [0.25, 0.3) is 5.88 Å². The van der Waals surface area contributed by atoms with E-state index in [1.807, 2.05) is 6.92 Å². The van der Waals surface area contributed by atoms with Gasteiger partial charge >= 0.3 is 0 Å². The minimum Gasteiger partial charge on any atom is -0.437 e. The number of nitrogens with zero attached hydrogens (tertiary/aromatic N) is 4. The number of benzene rings is 1. The molecule has 2 rings (SSSR count). The Morgan fingerprint density at radius 2 is 1.80 bits per heavy atom. The van der Waals surface area contributed by atoms with Crippen LogP contribution in [0, 0.1) is 36.5 Å². The Balaban J connectivity index is 2.29. The molecular formula is C15H12N4O. The SMILES string of the molecule is Cc1nnc(Oc2ccc(CC#N)cc2)c(C#N)c1C. The first-order valence-corrected chi connectivity index (χ1v) is 6.03. The van der Waals surface area contributed by atoms with Crippen LogP contribution < -0.4 is 4.74 Å². The number of nitriles is 2. The molecule has 0 aliphatic carbocycles. The first-order valence-electron chi connectivity index (χ1n) is 6.03. The largest absolute Gasteiger partial charge is 0.437 e. The van der Waals surface area contributed by atoms with Crippen LogP contribution in [0.25, 0.3) is 0 Å². The summed E-state index contributed by atoms with van der Waals surface area (Å²) in [5, 5.41) is 25.7. The lowest BCUT2D eigenvalue weighted by Gasteiger charge is -2.08. The summed E-state index contributed by atoms with van der Waals surface area (Å²) in [5.74, 6) is 0.754. The second-order valence-corrected chi connectivity index (χ2v) is 4.28. The molecule has 1 heterocycles. The number of aromatic nitrogens is 2. The fourth-order valence-electron chi connectivity index (χ4n) is 1.67. The van der Waals surface area contributed by atoms with E-state index >= 15 is 0 Å². The maximum atomic E-state index is 9.18. The molecule has 1 aromatic carbocycles. The van der Waals surface area contributed by atoms with E-state index in [-0.39, 0.29) is 5.88 Å². The molecule has 0 saturated carbocycles. The van der Waals surface area contributed by atoms with Crippen LogP contribution >= 0.6 is 0 Å². The van der Waals surface area contributed by atoms with Gasteiger partial charge in [-0.3, -0.25) is 0 Å². The van der Waals surface area contributed by atoms with Gasteiger partial charge in [0.15, 0.2) is 0 Å². The van der Waals surface area contributed by atoms with Gasteiger partial charge in [-0.05, 0) is 37.1 Å². The summed E-state index contributed by atoms with van der Waals surface area (Å²) >= 11 is 0. The number of ether oxygens (including phenoxy) is 1. The Labute approximate surface area is 117 Å². The lowest BCUT2D eigenvalue weighted by atomic mass is 10.1. The molecule has 5 heteroatoms. The van der Waals surface area contributed by atoms with E-state index in [1.54, 1.807) is 31.2 Å². The summed E-state index contributed by atoms with van der Waals surface area (Å²) in [4.78, 5) is 0.